The van der Waals surface area contributed by atoms with Gasteiger partial charge in [-0.05, 0) is 42.7 Å². The van der Waals surface area contributed by atoms with Crippen molar-refractivity contribution in [2.75, 3.05) is 31.3 Å². The highest BCUT2D eigenvalue weighted by molar-refractivity contribution is 7.90. The lowest BCUT2D eigenvalue weighted by Crippen LogP contribution is -2.28. The van der Waals surface area contributed by atoms with Crippen LogP contribution < -0.4 is 4.90 Å². The van der Waals surface area contributed by atoms with E-state index in [1.54, 1.807) is 11.9 Å². The lowest BCUT2D eigenvalue weighted by molar-refractivity contribution is 0.0785. The molecule has 3 rings (SSSR count). The average Bonchev–Trinajstić information content (AvgIpc) is 3.15. The van der Waals surface area contributed by atoms with Gasteiger partial charge in [0, 0.05) is 38.6 Å². The fourth-order valence-corrected chi connectivity index (χ4v) is 4.19. The summed E-state index contributed by atoms with van der Waals surface area (Å²) in [6.07, 6.45) is 3.47. The Kier molecular flexibility index (Phi) is 5.77. The molecule has 1 heterocycles. The van der Waals surface area contributed by atoms with Crippen LogP contribution in [0.5, 0.6) is 0 Å². The van der Waals surface area contributed by atoms with Gasteiger partial charge in [-0.1, -0.05) is 29.8 Å². The summed E-state index contributed by atoms with van der Waals surface area (Å²) in [6.45, 7) is 2.47. The summed E-state index contributed by atoms with van der Waals surface area (Å²) in [4.78, 5) is 16.9. The second kappa shape index (κ2) is 7.90. The zero-order valence-corrected chi connectivity index (χ0v) is 17.1. The van der Waals surface area contributed by atoms with Gasteiger partial charge in [0.2, 0.25) is 0 Å². The normalized spacial score (nSPS) is 14.4. The predicted octanol–water partition coefficient (Wildman–Crippen LogP) is 3.62. The van der Waals surface area contributed by atoms with Crippen molar-refractivity contribution in [3.8, 4) is 0 Å². The molecule has 0 spiro atoms. The Bertz CT molecular complexity index is 953. The highest BCUT2D eigenvalue weighted by Crippen LogP contribution is 2.27. The molecule has 144 valence electrons. The van der Waals surface area contributed by atoms with Crippen LogP contribution in [0.25, 0.3) is 0 Å². The van der Waals surface area contributed by atoms with Crippen molar-refractivity contribution in [2.24, 2.45) is 0 Å². The van der Waals surface area contributed by atoms with E-state index in [9.17, 15) is 13.2 Å². The zero-order chi connectivity index (χ0) is 19.6. The summed E-state index contributed by atoms with van der Waals surface area (Å²) in [5.74, 6) is -0.304. The first kappa shape index (κ1) is 19.7. The number of hydrogen-bond acceptors (Lipinski definition) is 4. The van der Waals surface area contributed by atoms with Crippen molar-refractivity contribution in [2.45, 2.75) is 24.3 Å². The maximum atomic E-state index is 12.9. The second-order valence-corrected chi connectivity index (χ2v) is 9.32. The Morgan fingerprint density at radius 2 is 1.81 bits per heavy atom. The van der Waals surface area contributed by atoms with Crippen LogP contribution in [0.1, 0.15) is 28.8 Å². The van der Waals surface area contributed by atoms with Gasteiger partial charge in [0.1, 0.15) is 0 Å². The summed E-state index contributed by atoms with van der Waals surface area (Å²) in [5.41, 5.74) is 2.40. The van der Waals surface area contributed by atoms with E-state index in [2.05, 4.69) is 11.0 Å². The summed E-state index contributed by atoms with van der Waals surface area (Å²) in [6, 6.07) is 12.3. The van der Waals surface area contributed by atoms with Gasteiger partial charge in [-0.15, -0.1) is 0 Å². The van der Waals surface area contributed by atoms with E-state index in [1.165, 1.54) is 31.0 Å². The van der Waals surface area contributed by atoms with E-state index in [0.717, 1.165) is 30.6 Å². The molecule has 0 bridgehead atoms. The largest absolute Gasteiger partial charge is 0.371 e. The number of halogens is 1. The van der Waals surface area contributed by atoms with Crippen molar-refractivity contribution >= 4 is 33.0 Å². The van der Waals surface area contributed by atoms with Crippen molar-refractivity contribution in [3.05, 3.63) is 58.6 Å². The second-order valence-electron chi connectivity index (χ2n) is 6.90. The van der Waals surface area contributed by atoms with E-state index in [1.807, 2.05) is 18.2 Å². The molecular formula is C20H23ClN2O3S. The first-order valence-corrected chi connectivity index (χ1v) is 11.1. The van der Waals surface area contributed by atoms with Gasteiger partial charge < -0.3 is 9.80 Å². The van der Waals surface area contributed by atoms with E-state index in [0.29, 0.717) is 6.54 Å². The Labute approximate surface area is 165 Å². The number of sulfone groups is 1. The number of amides is 1. The minimum absolute atomic E-state index is 0.0844. The third-order valence-corrected chi connectivity index (χ3v) is 6.23. The molecule has 1 saturated heterocycles. The monoisotopic (exact) mass is 406 g/mol. The van der Waals surface area contributed by atoms with Crippen LogP contribution in [0.15, 0.2) is 47.4 Å². The molecule has 27 heavy (non-hydrogen) atoms. The van der Waals surface area contributed by atoms with E-state index < -0.39 is 9.84 Å². The number of carbonyl (C=O) groups is 1. The summed E-state index contributed by atoms with van der Waals surface area (Å²) >= 11 is 6.17. The smallest absolute Gasteiger partial charge is 0.255 e. The van der Waals surface area contributed by atoms with Crippen LogP contribution in [-0.4, -0.2) is 45.6 Å². The topological polar surface area (TPSA) is 57.7 Å². The minimum atomic E-state index is -3.41. The van der Waals surface area contributed by atoms with Gasteiger partial charge in [0.25, 0.3) is 5.91 Å². The fraction of sp³-hybridized carbons (Fsp3) is 0.350. The van der Waals surface area contributed by atoms with Crippen LogP contribution in [0.3, 0.4) is 0 Å². The molecule has 1 amide bonds. The molecule has 1 fully saturated rings. The molecule has 0 aromatic heterocycles. The number of anilines is 1. The number of para-hydroxylation sites is 1. The molecule has 7 heteroatoms. The first-order chi connectivity index (χ1) is 12.8. The average molecular weight is 407 g/mol. The number of carbonyl (C=O) groups excluding carboxylic acids is 1. The molecule has 0 N–H and O–H groups in total. The Morgan fingerprint density at radius 3 is 2.48 bits per heavy atom. The molecule has 0 atom stereocenters. The van der Waals surface area contributed by atoms with Crippen LogP contribution in [0.4, 0.5) is 5.69 Å². The minimum Gasteiger partial charge on any atom is -0.371 e. The fourth-order valence-electron chi connectivity index (χ4n) is 3.34. The van der Waals surface area contributed by atoms with Gasteiger partial charge in [-0.25, -0.2) is 8.42 Å². The summed E-state index contributed by atoms with van der Waals surface area (Å²) in [7, 11) is -1.71. The molecule has 5 nitrogen and oxygen atoms in total. The maximum absolute atomic E-state index is 12.9. The van der Waals surface area contributed by atoms with Crippen molar-refractivity contribution < 1.29 is 13.2 Å². The van der Waals surface area contributed by atoms with Gasteiger partial charge >= 0.3 is 0 Å². The lowest BCUT2D eigenvalue weighted by Gasteiger charge is -2.25. The van der Waals surface area contributed by atoms with Crippen molar-refractivity contribution in [1.82, 2.24) is 4.90 Å². The molecule has 0 unspecified atom stereocenters. The quantitative estimate of drug-likeness (QED) is 0.761. The van der Waals surface area contributed by atoms with Gasteiger partial charge in [-0.2, -0.15) is 0 Å². The molecule has 1 aliphatic heterocycles. The summed E-state index contributed by atoms with van der Waals surface area (Å²) < 4.78 is 23.6. The highest BCUT2D eigenvalue weighted by Gasteiger charge is 2.21. The van der Waals surface area contributed by atoms with E-state index >= 15 is 0 Å². The highest BCUT2D eigenvalue weighted by atomic mass is 35.5. The third kappa shape index (κ3) is 4.45. The van der Waals surface area contributed by atoms with Gasteiger partial charge in [0.05, 0.1) is 15.5 Å². The Morgan fingerprint density at radius 1 is 1.15 bits per heavy atom. The molecular weight excluding hydrogens is 384 g/mol. The lowest BCUT2D eigenvalue weighted by atomic mass is 10.1. The van der Waals surface area contributed by atoms with Gasteiger partial charge in [-0.3, -0.25) is 4.79 Å². The maximum Gasteiger partial charge on any atom is 0.255 e. The van der Waals surface area contributed by atoms with Crippen LogP contribution in [0.2, 0.25) is 5.02 Å². The van der Waals surface area contributed by atoms with Crippen LogP contribution in [-0.2, 0) is 16.4 Å². The zero-order valence-electron chi connectivity index (χ0n) is 15.5. The van der Waals surface area contributed by atoms with Crippen LogP contribution >= 0.6 is 11.6 Å². The molecule has 2 aromatic rings. The standard InChI is InChI=1S/C20H23ClN2O3S/c1-22(14-15-7-3-4-8-19(15)23-11-5-6-12-23)20(24)17-13-16(27(2,25)26)9-10-18(17)21/h3-4,7-10,13H,5-6,11-12,14H2,1-2H3. The molecule has 0 saturated carbocycles. The molecule has 1 aliphatic rings. The third-order valence-electron chi connectivity index (χ3n) is 4.79. The Hall–Kier alpha value is -2.05. The molecule has 2 aromatic carbocycles. The SMILES string of the molecule is CN(Cc1ccccc1N1CCCC1)C(=O)c1cc(S(C)(=O)=O)ccc1Cl. The number of nitrogens with zero attached hydrogens (tertiary/aromatic N) is 2. The van der Waals surface area contributed by atoms with E-state index in [-0.39, 0.29) is 21.4 Å². The first-order valence-electron chi connectivity index (χ1n) is 8.85. The van der Waals surface area contributed by atoms with Crippen LogP contribution in [0, 0.1) is 0 Å². The Balaban J connectivity index is 1.85. The van der Waals surface area contributed by atoms with Crippen molar-refractivity contribution in [1.29, 1.82) is 0 Å². The predicted molar refractivity (Wildman–Crippen MR) is 108 cm³/mol. The van der Waals surface area contributed by atoms with Crippen molar-refractivity contribution in [3.63, 3.8) is 0 Å². The molecule has 0 aliphatic carbocycles. The van der Waals surface area contributed by atoms with Gasteiger partial charge in [0.15, 0.2) is 9.84 Å². The molecule has 0 radical (unpaired) electrons. The van der Waals surface area contributed by atoms with E-state index in [4.69, 9.17) is 11.6 Å². The summed E-state index contributed by atoms with van der Waals surface area (Å²) in [5, 5.41) is 0.243. The number of hydrogen-bond donors (Lipinski definition) is 0. The number of benzene rings is 2. The number of rotatable bonds is 5.